The third kappa shape index (κ3) is 4.70. The van der Waals surface area contributed by atoms with Gasteiger partial charge in [0.1, 0.15) is 5.82 Å². The van der Waals surface area contributed by atoms with Crippen LogP contribution in [0.3, 0.4) is 0 Å². The van der Waals surface area contributed by atoms with Crippen LogP contribution in [0.15, 0.2) is 188 Å². The number of imidazole rings is 1. The number of nitrogens with zero attached hydrogens (tertiary/aromatic N) is 3. The Morgan fingerprint density at radius 3 is 1.89 bits per heavy atom. The molecule has 8 aromatic carbocycles. The molecule has 0 unspecified atom stereocenters. The number of thiophene rings is 1. The normalized spacial score (nSPS) is 11.8. The lowest BCUT2D eigenvalue weighted by Crippen LogP contribution is -1.98. The number of rotatable bonds is 5. The molecule has 0 N–H and O–H groups in total. The van der Waals surface area contributed by atoms with E-state index < -0.39 is 0 Å². The van der Waals surface area contributed by atoms with Crippen LogP contribution in [0.25, 0.3) is 98.0 Å². The molecule has 4 heteroatoms. The van der Waals surface area contributed by atoms with Crippen molar-refractivity contribution in [3.05, 3.63) is 188 Å². The monoisotopic (exact) mass is 693 g/mol. The van der Waals surface area contributed by atoms with Crippen molar-refractivity contribution in [2.75, 3.05) is 0 Å². The Hall–Kier alpha value is -6.75. The molecule has 0 aliphatic heterocycles. The van der Waals surface area contributed by atoms with Gasteiger partial charge in [-0.3, -0.25) is 4.57 Å². The molecule has 248 valence electrons. The molecule has 0 saturated heterocycles. The highest BCUT2D eigenvalue weighted by Gasteiger charge is 2.21. The predicted octanol–water partition coefficient (Wildman–Crippen LogP) is 13.5. The molecular weight excluding hydrogens is 663 g/mol. The molecule has 0 bridgehead atoms. The van der Waals surface area contributed by atoms with Gasteiger partial charge in [0.2, 0.25) is 0 Å². The first kappa shape index (κ1) is 29.9. The van der Waals surface area contributed by atoms with Crippen LogP contribution in [0.4, 0.5) is 0 Å². The summed E-state index contributed by atoms with van der Waals surface area (Å²) in [5.74, 6) is 0.929. The van der Waals surface area contributed by atoms with E-state index in [4.69, 9.17) is 4.98 Å². The fraction of sp³-hybridized carbons (Fsp3) is 0. The van der Waals surface area contributed by atoms with Gasteiger partial charge in [0.15, 0.2) is 0 Å². The quantitative estimate of drug-likeness (QED) is 0.176. The van der Waals surface area contributed by atoms with Crippen molar-refractivity contribution in [3.8, 4) is 45.0 Å². The molecule has 0 spiro atoms. The number of para-hydroxylation sites is 3. The highest BCUT2D eigenvalue weighted by molar-refractivity contribution is 7.26. The van der Waals surface area contributed by atoms with E-state index in [-0.39, 0.29) is 0 Å². The van der Waals surface area contributed by atoms with Gasteiger partial charge < -0.3 is 4.57 Å². The van der Waals surface area contributed by atoms with Crippen LogP contribution in [0.1, 0.15) is 0 Å². The Balaban J connectivity index is 1.17. The van der Waals surface area contributed by atoms with E-state index in [9.17, 15) is 0 Å². The number of hydrogen-bond acceptors (Lipinski definition) is 2. The molecule has 53 heavy (non-hydrogen) atoms. The van der Waals surface area contributed by atoms with Gasteiger partial charge in [-0.2, -0.15) is 0 Å². The average molecular weight is 694 g/mol. The van der Waals surface area contributed by atoms with Crippen molar-refractivity contribution in [1.82, 2.24) is 14.1 Å². The molecule has 0 amide bonds. The lowest BCUT2D eigenvalue weighted by Gasteiger charge is -2.12. The summed E-state index contributed by atoms with van der Waals surface area (Å²) in [5, 5.41) is 5.09. The van der Waals surface area contributed by atoms with Gasteiger partial charge in [-0.1, -0.05) is 121 Å². The minimum Gasteiger partial charge on any atom is -0.309 e. The maximum Gasteiger partial charge on any atom is 0.145 e. The lowest BCUT2D eigenvalue weighted by molar-refractivity contribution is 1.10. The van der Waals surface area contributed by atoms with Crippen LogP contribution in [-0.4, -0.2) is 14.1 Å². The fourth-order valence-corrected chi connectivity index (χ4v) is 9.37. The highest BCUT2D eigenvalue weighted by atomic mass is 32.1. The van der Waals surface area contributed by atoms with Crippen LogP contribution in [0.2, 0.25) is 0 Å². The van der Waals surface area contributed by atoms with Gasteiger partial charge >= 0.3 is 0 Å². The zero-order valence-corrected chi connectivity index (χ0v) is 29.5. The molecule has 0 aliphatic carbocycles. The van der Waals surface area contributed by atoms with Crippen molar-refractivity contribution in [2.24, 2.45) is 0 Å². The average Bonchev–Trinajstić information content (AvgIpc) is 3.91. The van der Waals surface area contributed by atoms with E-state index in [0.717, 1.165) is 33.8 Å². The van der Waals surface area contributed by atoms with Gasteiger partial charge in [0.05, 0.1) is 22.1 Å². The smallest absolute Gasteiger partial charge is 0.145 e. The van der Waals surface area contributed by atoms with E-state index in [1.54, 1.807) is 0 Å². The molecule has 0 aliphatic rings. The molecule has 11 aromatic rings. The first-order chi connectivity index (χ1) is 26.3. The van der Waals surface area contributed by atoms with Crippen molar-refractivity contribution in [2.45, 2.75) is 0 Å². The van der Waals surface area contributed by atoms with E-state index in [0.29, 0.717) is 0 Å². The summed E-state index contributed by atoms with van der Waals surface area (Å²) < 4.78 is 7.35. The second kappa shape index (κ2) is 11.9. The van der Waals surface area contributed by atoms with E-state index >= 15 is 0 Å². The Morgan fingerprint density at radius 1 is 0.415 bits per heavy atom. The summed E-state index contributed by atoms with van der Waals surface area (Å²) in [7, 11) is 0. The van der Waals surface area contributed by atoms with Gasteiger partial charge in [-0.05, 0) is 89.0 Å². The molecule has 0 saturated carbocycles. The fourth-order valence-electron chi connectivity index (χ4n) is 8.13. The van der Waals surface area contributed by atoms with Crippen LogP contribution >= 0.6 is 11.3 Å². The Bertz CT molecular complexity index is 3130. The maximum atomic E-state index is 5.15. The molecule has 0 radical (unpaired) electrons. The van der Waals surface area contributed by atoms with Crippen LogP contribution < -0.4 is 0 Å². The molecule has 3 nitrogen and oxygen atoms in total. The topological polar surface area (TPSA) is 22.8 Å². The largest absolute Gasteiger partial charge is 0.309 e. The molecule has 3 heterocycles. The standard InChI is InChI=1S/C49H31N3S/c1-4-13-32(14-5-1)35-25-29-43-41(31-35)39-28-30-45-46(40-20-12-19-38(48(40)53-45)33-15-6-2-7-16-33)47(39)51(43)37-26-23-34(24-27-37)49-50-42-21-10-11-22-44(42)52(49)36-17-8-3-9-18-36/h1-31H. The lowest BCUT2D eigenvalue weighted by atomic mass is 10.0. The molecular formula is C49H31N3S. The zero-order valence-electron chi connectivity index (χ0n) is 28.6. The van der Waals surface area contributed by atoms with E-state index in [1.807, 2.05) is 11.3 Å². The summed E-state index contributed by atoms with van der Waals surface area (Å²) in [6.07, 6.45) is 0. The van der Waals surface area contributed by atoms with Crippen LogP contribution in [0.5, 0.6) is 0 Å². The number of hydrogen-bond donors (Lipinski definition) is 0. The van der Waals surface area contributed by atoms with Crippen molar-refractivity contribution in [1.29, 1.82) is 0 Å². The maximum absolute atomic E-state index is 5.15. The summed E-state index contributed by atoms with van der Waals surface area (Å²) in [6.45, 7) is 0. The van der Waals surface area contributed by atoms with Crippen LogP contribution in [-0.2, 0) is 0 Å². The van der Waals surface area contributed by atoms with E-state index in [1.165, 1.54) is 64.2 Å². The Morgan fingerprint density at radius 2 is 1.09 bits per heavy atom. The second-order valence-corrected chi connectivity index (χ2v) is 14.6. The predicted molar refractivity (Wildman–Crippen MR) is 225 cm³/mol. The van der Waals surface area contributed by atoms with Crippen molar-refractivity contribution < 1.29 is 0 Å². The summed E-state index contributed by atoms with van der Waals surface area (Å²) in [5.41, 5.74) is 12.7. The molecule has 11 rings (SSSR count). The summed E-state index contributed by atoms with van der Waals surface area (Å²) >= 11 is 1.89. The molecule has 0 atom stereocenters. The minimum absolute atomic E-state index is 0.929. The Labute approximate surface area is 310 Å². The van der Waals surface area contributed by atoms with Crippen molar-refractivity contribution >= 4 is 64.3 Å². The number of benzene rings is 8. The minimum atomic E-state index is 0.929. The number of aromatic nitrogens is 3. The number of fused-ring (bicyclic) bond motifs is 8. The van der Waals surface area contributed by atoms with E-state index in [2.05, 4.69) is 197 Å². The van der Waals surface area contributed by atoms with Gasteiger partial charge in [0.25, 0.3) is 0 Å². The second-order valence-electron chi connectivity index (χ2n) is 13.6. The van der Waals surface area contributed by atoms with Crippen molar-refractivity contribution in [3.63, 3.8) is 0 Å². The summed E-state index contributed by atoms with van der Waals surface area (Å²) in [4.78, 5) is 5.15. The molecule has 3 aromatic heterocycles. The third-order valence-electron chi connectivity index (χ3n) is 10.5. The molecule has 0 fully saturated rings. The van der Waals surface area contributed by atoms with Gasteiger partial charge in [0, 0.05) is 47.9 Å². The first-order valence-electron chi connectivity index (χ1n) is 18.0. The SMILES string of the molecule is c1ccc(-c2ccc3c(c2)c2ccc4sc5c(-c6ccccc6)cccc5c4c2n3-c2ccc(-c3nc4ccccc4n3-c3ccccc3)cc2)cc1. The van der Waals surface area contributed by atoms with Crippen LogP contribution in [0, 0.1) is 0 Å². The van der Waals surface area contributed by atoms with Gasteiger partial charge in [-0.25, -0.2) is 4.98 Å². The summed E-state index contributed by atoms with van der Waals surface area (Å²) in [6, 6.07) is 67.7. The van der Waals surface area contributed by atoms with Gasteiger partial charge in [-0.15, -0.1) is 11.3 Å². The zero-order chi connectivity index (χ0) is 34.9. The first-order valence-corrected chi connectivity index (χ1v) is 18.8. The highest BCUT2D eigenvalue weighted by Crippen LogP contribution is 2.46. The Kier molecular flexibility index (Phi) is 6.73. The third-order valence-corrected chi connectivity index (χ3v) is 11.7.